The number of rotatable bonds is 1. The van der Waals surface area contributed by atoms with E-state index in [0.717, 1.165) is 25.7 Å². The molecular formula is C16H17BrFNO2. The lowest BCUT2D eigenvalue weighted by molar-refractivity contribution is -0.133. The molecule has 1 aliphatic heterocycles. The van der Waals surface area contributed by atoms with Gasteiger partial charge in [0.1, 0.15) is 5.82 Å². The standard InChI is InChI=1S/C16H17BrFNO2/c1-10-6-11(17)12(18)7-13(10)19-14(20)8-16(9-15(19)21)4-2-3-5-16/h6-7H,2-5,8-9H2,1H3. The molecule has 0 aromatic heterocycles. The molecule has 0 N–H and O–H groups in total. The molecule has 1 aromatic rings. The van der Waals surface area contributed by atoms with Crippen LogP contribution in [0.15, 0.2) is 16.6 Å². The molecule has 2 fully saturated rings. The van der Waals surface area contributed by atoms with E-state index >= 15 is 0 Å². The van der Waals surface area contributed by atoms with Crippen LogP contribution in [-0.2, 0) is 9.59 Å². The summed E-state index contributed by atoms with van der Waals surface area (Å²) >= 11 is 3.12. The van der Waals surface area contributed by atoms with Crippen molar-refractivity contribution in [1.29, 1.82) is 0 Å². The molecule has 3 rings (SSSR count). The van der Waals surface area contributed by atoms with Gasteiger partial charge in [0.15, 0.2) is 0 Å². The fraction of sp³-hybridized carbons (Fsp3) is 0.500. The second-order valence-electron chi connectivity index (χ2n) is 6.24. The van der Waals surface area contributed by atoms with E-state index in [1.54, 1.807) is 13.0 Å². The van der Waals surface area contributed by atoms with Gasteiger partial charge in [0.25, 0.3) is 0 Å². The van der Waals surface area contributed by atoms with Gasteiger partial charge in [-0.2, -0.15) is 0 Å². The second kappa shape index (κ2) is 5.20. The van der Waals surface area contributed by atoms with Crippen LogP contribution in [0.2, 0.25) is 0 Å². The predicted molar refractivity (Wildman–Crippen MR) is 81.5 cm³/mol. The summed E-state index contributed by atoms with van der Waals surface area (Å²) in [6.07, 6.45) is 4.88. The summed E-state index contributed by atoms with van der Waals surface area (Å²) in [4.78, 5) is 26.1. The van der Waals surface area contributed by atoms with Crippen LogP contribution in [-0.4, -0.2) is 11.8 Å². The fourth-order valence-corrected chi connectivity index (χ4v) is 4.08. The first-order chi connectivity index (χ1) is 9.92. The van der Waals surface area contributed by atoms with Gasteiger partial charge in [-0.3, -0.25) is 14.5 Å². The van der Waals surface area contributed by atoms with Gasteiger partial charge >= 0.3 is 0 Å². The van der Waals surface area contributed by atoms with Crippen LogP contribution in [0.5, 0.6) is 0 Å². The van der Waals surface area contributed by atoms with Crippen molar-refractivity contribution in [3.63, 3.8) is 0 Å². The average Bonchev–Trinajstić information content (AvgIpc) is 2.82. The summed E-state index contributed by atoms with van der Waals surface area (Å²) in [5.41, 5.74) is 0.956. The minimum absolute atomic E-state index is 0.132. The molecule has 1 heterocycles. The van der Waals surface area contributed by atoms with Crippen molar-refractivity contribution in [3.05, 3.63) is 28.0 Å². The molecule has 1 aromatic carbocycles. The first kappa shape index (κ1) is 14.7. The van der Waals surface area contributed by atoms with Gasteiger partial charge in [-0.1, -0.05) is 12.8 Å². The van der Waals surface area contributed by atoms with Crippen molar-refractivity contribution in [2.45, 2.75) is 45.4 Å². The maximum absolute atomic E-state index is 13.8. The molecule has 5 heteroatoms. The van der Waals surface area contributed by atoms with E-state index in [9.17, 15) is 14.0 Å². The molecule has 1 aliphatic carbocycles. The maximum Gasteiger partial charge on any atom is 0.234 e. The van der Waals surface area contributed by atoms with Gasteiger partial charge < -0.3 is 0 Å². The third kappa shape index (κ3) is 2.52. The summed E-state index contributed by atoms with van der Waals surface area (Å²) in [5.74, 6) is -0.853. The highest BCUT2D eigenvalue weighted by Crippen LogP contribution is 2.47. The van der Waals surface area contributed by atoms with Crippen LogP contribution in [0.1, 0.15) is 44.1 Å². The number of halogens is 2. The summed E-state index contributed by atoms with van der Waals surface area (Å²) in [6.45, 7) is 1.78. The summed E-state index contributed by atoms with van der Waals surface area (Å²) < 4.78 is 14.1. The van der Waals surface area contributed by atoms with Gasteiger partial charge in [-0.15, -0.1) is 0 Å². The molecule has 2 aliphatic rings. The van der Waals surface area contributed by atoms with Crippen LogP contribution in [0.4, 0.5) is 10.1 Å². The molecule has 1 spiro atoms. The van der Waals surface area contributed by atoms with Gasteiger partial charge in [0.05, 0.1) is 10.2 Å². The second-order valence-corrected chi connectivity index (χ2v) is 7.09. The van der Waals surface area contributed by atoms with E-state index in [1.165, 1.54) is 11.0 Å². The lowest BCUT2D eigenvalue weighted by atomic mass is 9.76. The number of benzene rings is 1. The highest BCUT2D eigenvalue weighted by molar-refractivity contribution is 9.10. The Morgan fingerprint density at radius 2 is 1.71 bits per heavy atom. The van der Waals surface area contributed by atoms with Crippen LogP contribution in [0, 0.1) is 18.2 Å². The Bertz CT molecular complexity index is 603. The Kier molecular flexibility index (Phi) is 3.64. The molecule has 0 unspecified atom stereocenters. The van der Waals surface area contributed by atoms with Gasteiger partial charge in [0.2, 0.25) is 11.8 Å². The van der Waals surface area contributed by atoms with E-state index in [1.807, 2.05) is 0 Å². The highest BCUT2D eigenvalue weighted by atomic mass is 79.9. The Morgan fingerprint density at radius 1 is 1.14 bits per heavy atom. The van der Waals surface area contributed by atoms with Crippen molar-refractivity contribution in [2.75, 3.05) is 4.90 Å². The maximum atomic E-state index is 13.8. The summed E-state index contributed by atoms with van der Waals surface area (Å²) in [5, 5.41) is 0. The number of hydrogen-bond acceptors (Lipinski definition) is 2. The molecule has 2 amide bonds. The normalized spacial score (nSPS) is 21.4. The van der Waals surface area contributed by atoms with Crippen LogP contribution in [0.25, 0.3) is 0 Å². The van der Waals surface area contributed by atoms with Gasteiger partial charge in [-0.05, 0) is 58.8 Å². The number of carbonyl (C=O) groups excluding carboxylic acids is 2. The molecule has 1 saturated carbocycles. The number of carbonyl (C=O) groups is 2. The molecule has 0 radical (unpaired) electrons. The number of aryl methyl sites for hydroxylation is 1. The Labute approximate surface area is 131 Å². The summed E-state index contributed by atoms with van der Waals surface area (Å²) in [7, 11) is 0. The van der Waals surface area contributed by atoms with Crippen molar-refractivity contribution in [3.8, 4) is 0 Å². The van der Waals surface area contributed by atoms with Gasteiger partial charge in [-0.25, -0.2) is 4.39 Å². The summed E-state index contributed by atoms with van der Waals surface area (Å²) in [6, 6.07) is 2.87. The largest absolute Gasteiger partial charge is 0.274 e. The van der Waals surface area contributed by atoms with E-state index in [2.05, 4.69) is 15.9 Å². The molecule has 3 nitrogen and oxygen atoms in total. The first-order valence-corrected chi connectivity index (χ1v) is 8.03. The third-order valence-corrected chi connectivity index (χ3v) is 5.30. The van der Waals surface area contributed by atoms with E-state index in [4.69, 9.17) is 0 Å². The number of piperidine rings is 1. The average molecular weight is 354 g/mol. The zero-order chi connectivity index (χ0) is 15.2. The third-order valence-electron chi connectivity index (χ3n) is 4.70. The minimum atomic E-state index is -0.461. The number of imide groups is 1. The molecule has 0 bridgehead atoms. The van der Waals surface area contributed by atoms with Crippen LogP contribution in [0.3, 0.4) is 0 Å². The lowest BCUT2D eigenvalue weighted by Crippen LogP contribution is -2.47. The monoisotopic (exact) mass is 353 g/mol. The Morgan fingerprint density at radius 3 is 2.29 bits per heavy atom. The van der Waals surface area contributed by atoms with E-state index < -0.39 is 5.82 Å². The zero-order valence-electron chi connectivity index (χ0n) is 11.9. The first-order valence-electron chi connectivity index (χ1n) is 7.23. The van der Waals surface area contributed by atoms with Gasteiger partial charge in [0, 0.05) is 12.8 Å². The number of amides is 2. The quantitative estimate of drug-likeness (QED) is 0.712. The Balaban J connectivity index is 1.95. The SMILES string of the molecule is Cc1cc(Br)c(F)cc1N1C(=O)CC2(CCCC2)CC1=O. The van der Waals surface area contributed by atoms with Crippen molar-refractivity contribution in [2.24, 2.45) is 5.41 Å². The molecular weight excluding hydrogens is 337 g/mol. The molecule has 112 valence electrons. The molecule has 1 saturated heterocycles. The smallest absolute Gasteiger partial charge is 0.234 e. The van der Waals surface area contributed by atoms with E-state index in [0.29, 0.717) is 28.6 Å². The predicted octanol–water partition coefficient (Wildman–Crippen LogP) is 4.11. The molecule has 21 heavy (non-hydrogen) atoms. The van der Waals surface area contributed by atoms with E-state index in [-0.39, 0.29) is 17.2 Å². The van der Waals surface area contributed by atoms with Crippen molar-refractivity contribution in [1.82, 2.24) is 0 Å². The van der Waals surface area contributed by atoms with Crippen molar-refractivity contribution >= 4 is 33.4 Å². The highest BCUT2D eigenvalue weighted by Gasteiger charge is 2.45. The minimum Gasteiger partial charge on any atom is -0.274 e. The zero-order valence-corrected chi connectivity index (χ0v) is 13.5. The topological polar surface area (TPSA) is 37.4 Å². The van der Waals surface area contributed by atoms with Crippen molar-refractivity contribution < 1.29 is 14.0 Å². The number of hydrogen-bond donors (Lipinski definition) is 0. The number of nitrogens with zero attached hydrogens (tertiary/aromatic N) is 1. The number of anilines is 1. The lowest BCUT2D eigenvalue weighted by Gasteiger charge is -2.37. The fourth-order valence-electron chi connectivity index (χ4n) is 3.63. The van der Waals surface area contributed by atoms with Crippen LogP contribution >= 0.6 is 15.9 Å². The molecule has 0 atom stereocenters. The van der Waals surface area contributed by atoms with Crippen LogP contribution < -0.4 is 4.90 Å². The Hall–Kier alpha value is -1.23.